The summed E-state index contributed by atoms with van der Waals surface area (Å²) < 4.78 is 32.5. The Labute approximate surface area is 227 Å². The number of halogens is 2. The normalized spacial score (nSPS) is 17.0. The number of ether oxygens (including phenoxy) is 1. The van der Waals surface area contributed by atoms with Gasteiger partial charge >= 0.3 is 0 Å². The third-order valence-electron chi connectivity index (χ3n) is 7.12. The van der Waals surface area contributed by atoms with Crippen LogP contribution in [0.25, 0.3) is 0 Å². The van der Waals surface area contributed by atoms with Gasteiger partial charge in [0.15, 0.2) is 0 Å². The van der Waals surface area contributed by atoms with Crippen molar-refractivity contribution in [1.29, 1.82) is 0 Å². The molecule has 39 heavy (non-hydrogen) atoms. The summed E-state index contributed by atoms with van der Waals surface area (Å²) >= 11 is 0. The first-order chi connectivity index (χ1) is 18.9. The van der Waals surface area contributed by atoms with E-state index in [1.807, 2.05) is 36.4 Å². The molecule has 8 nitrogen and oxygen atoms in total. The van der Waals surface area contributed by atoms with Gasteiger partial charge in [0.25, 0.3) is 5.91 Å². The molecule has 0 aromatic heterocycles. The number of anilines is 3. The van der Waals surface area contributed by atoms with Crippen LogP contribution < -0.4 is 26.4 Å². The highest BCUT2D eigenvalue weighted by molar-refractivity contribution is 6.00. The van der Waals surface area contributed by atoms with Crippen molar-refractivity contribution >= 4 is 23.0 Å². The zero-order valence-corrected chi connectivity index (χ0v) is 22.2. The summed E-state index contributed by atoms with van der Waals surface area (Å²) in [5.74, 6) is -1.44. The maximum atomic E-state index is 13.7. The average Bonchev–Trinajstić information content (AvgIpc) is 3.30. The van der Waals surface area contributed by atoms with E-state index in [4.69, 9.17) is 4.74 Å². The predicted octanol–water partition coefficient (Wildman–Crippen LogP) is 3.72. The highest BCUT2D eigenvalue weighted by Gasteiger charge is 2.26. The van der Waals surface area contributed by atoms with E-state index < -0.39 is 17.8 Å². The van der Waals surface area contributed by atoms with Gasteiger partial charge in [0.05, 0.1) is 17.9 Å². The molecule has 2 aliphatic rings. The average molecular weight is 537 g/mol. The van der Waals surface area contributed by atoms with E-state index in [1.165, 1.54) is 12.1 Å². The van der Waals surface area contributed by atoms with Gasteiger partial charge in [-0.3, -0.25) is 4.79 Å². The molecule has 3 aromatic carbocycles. The van der Waals surface area contributed by atoms with Gasteiger partial charge in [0, 0.05) is 62.8 Å². The number of nitrogens with one attached hydrogen (secondary N) is 4. The number of amides is 1. The van der Waals surface area contributed by atoms with E-state index in [-0.39, 0.29) is 5.91 Å². The molecule has 4 N–H and O–H groups in total. The van der Waals surface area contributed by atoms with Gasteiger partial charge in [-0.15, -0.1) is 0 Å². The molecule has 1 unspecified atom stereocenters. The van der Waals surface area contributed by atoms with Crippen LogP contribution >= 0.6 is 0 Å². The number of piperazine rings is 1. The number of hydrogen-bond acceptors (Lipinski definition) is 7. The number of methoxy groups -OCH3 is 1. The van der Waals surface area contributed by atoms with E-state index in [1.54, 1.807) is 7.11 Å². The first-order valence-electron chi connectivity index (χ1n) is 13.1. The van der Waals surface area contributed by atoms with E-state index in [9.17, 15) is 13.6 Å². The number of rotatable bonds is 9. The summed E-state index contributed by atoms with van der Waals surface area (Å²) in [6, 6.07) is 15.1. The minimum atomic E-state index is -0.604. The molecule has 0 saturated carbocycles. The van der Waals surface area contributed by atoms with Crippen LogP contribution in [0.15, 0.2) is 54.6 Å². The van der Waals surface area contributed by atoms with Crippen LogP contribution in [-0.2, 0) is 11.2 Å². The summed E-state index contributed by atoms with van der Waals surface area (Å²) in [7, 11) is 3.77. The molecule has 0 aliphatic carbocycles. The van der Waals surface area contributed by atoms with Gasteiger partial charge in [0.1, 0.15) is 17.8 Å². The van der Waals surface area contributed by atoms with Gasteiger partial charge in [-0.2, -0.15) is 0 Å². The second-order valence-corrected chi connectivity index (χ2v) is 9.99. The van der Waals surface area contributed by atoms with Gasteiger partial charge in [-0.1, -0.05) is 6.07 Å². The summed E-state index contributed by atoms with van der Waals surface area (Å²) in [6.45, 7) is 4.92. The first-order valence-corrected chi connectivity index (χ1v) is 13.1. The van der Waals surface area contributed by atoms with Crippen molar-refractivity contribution in [2.24, 2.45) is 0 Å². The second kappa shape index (κ2) is 12.0. The van der Waals surface area contributed by atoms with Crippen molar-refractivity contribution in [2.75, 3.05) is 69.1 Å². The number of nitrogens with zero attached hydrogens (tertiary/aromatic N) is 2. The van der Waals surface area contributed by atoms with Gasteiger partial charge < -0.3 is 30.6 Å². The van der Waals surface area contributed by atoms with Crippen LogP contribution in [0.2, 0.25) is 0 Å². The Morgan fingerprint density at radius 1 is 1.00 bits per heavy atom. The molecule has 1 saturated heterocycles. The summed E-state index contributed by atoms with van der Waals surface area (Å²) in [4.78, 5) is 18.1. The van der Waals surface area contributed by atoms with Crippen molar-refractivity contribution in [1.82, 2.24) is 15.6 Å². The molecule has 10 heteroatoms. The Bertz CT molecular complexity index is 1310. The number of fused-ring (bicyclic) bond motifs is 1. The zero-order chi connectivity index (χ0) is 27.4. The lowest BCUT2D eigenvalue weighted by atomic mass is 10.0. The molecule has 206 valence electrons. The fourth-order valence-electron chi connectivity index (χ4n) is 5.00. The number of carbonyl (C=O) groups excluding carboxylic acids is 1. The number of likely N-dealkylation sites (N-methyl/N-ethyl adjacent to an activating group) is 1. The molecule has 3 aromatic rings. The smallest absolute Gasteiger partial charge is 0.254 e. The minimum absolute atomic E-state index is 0.232. The van der Waals surface area contributed by atoms with Crippen molar-refractivity contribution in [2.45, 2.75) is 12.6 Å². The lowest BCUT2D eigenvalue weighted by Gasteiger charge is -2.34. The predicted molar refractivity (Wildman–Crippen MR) is 149 cm³/mol. The fourth-order valence-corrected chi connectivity index (χ4v) is 5.00. The van der Waals surface area contributed by atoms with Crippen LogP contribution in [-0.4, -0.2) is 64.3 Å². The Kier molecular flexibility index (Phi) is 8.25. The van der Waals surface area contributed by atoms with E-state index in [0.717, 1.165) is 60.4 Å². The van der Waals surface area contributed by atoms with Crippen molar-refractivity contribution in [3.63, 3.8) is 0 Å². The molecule has 1 fully saturated rings. The minimum Gasteiger partial charge on any atom is -0.383 e. The van der Waals surface area contributed by atoms with Crippen LogP contribution in [0, 0.1) is 11.6 Å². The molecule has 0 spiro atoms. The van der Waals surface area contributed by atoms with Crippen molar-refractivity contribution in [3.05, 3.63) is 88.5 Å². The third kappa shape index (κ3) is 6.47. The van der Waals surface area contributed by atoms with Crippen LogP contribution in [0.1, 0.15) is 33.2 Å². The van der Waals surface area contributed by atoms with Gasteiger partial charge in [-0.05, 0) is 67.1 Å². The van der Waals surface area contributed by atoms with Gasteiger partial charge in [0.2, 0.25) is 0 Å². The lowest BCUT2D eigenvalue weighted by Crippen LogP contribution is -2.44. The SMILES string of the molecule is COCCNc1cc(N2CCN(C)CC2)ccc1C(=O)NC1NNc2ccc(Cc3cc(F)cc(F)c3)cc21. The maximum Gasteiger partial charge on any atom is 0.254 e. The Morgan fingerprint density at radius 3 is 2.51 bits per heavy atom. The Morgan fingerprint density at radius 2 is 1.77 bits per heavy atom. The highest BCUT2D eigenvalue weighted by atomic mass is 19.1. The molecule has 5 rings (SSSR count). The molecule has 2 heterocycles. The lowest BCUT2D eigenvalue weighted by molar-refractivity contribution is 0.0933. The summed E-state index contributed by atoms with van der Waals surface area (Å²) in [5.41, 5.74) is 11.7. The Hall–Kier alpha value is -3.73. The monoisotopic (exact) mass is 536 g/mol. The highest BCUT2D eigenvalue weighted by Crippen LogP contribution is 2.30. The second-order valence-electron chi connectivity index (χ2n) is 9.99. The molecule has 0 bridgehead atoms. The van der Waals surface area contributed by atoms with Crippen LogP contribution in [0.5, 0.6) is 0 Å². The van der Waals surface area contributed by atoms with E-state index in [0.29, 0.717) is 30.7 Å². The van der Waals surface area contributed by atoms with Crippen molar-refractivity contribution < 1.29 is 18.3 Å². The summed E-state index contributed by atoms with van der Waals surface area (Å²) in [6.07, 6.45) is -0.120. The first kappa shape index (κ1) is 26.9. The molecule has 2 aliphatic heterocycles. The van der Waals surface area contributed by atoms with Crippen LogP contribution in [0.4, 0.5) is 25.8 Å². The molecule has 1 atom stereocenters. The standard InChI is InChI=1S/C29H34F2N6O2/c1-36-8-10-37(11-9-36)23-4-5-24(27(18-23)32-7-12-39-2)29(38)33-28-25-16-19(3-6-26(25)34-35-28)13-20-14-21(30)17-22(31)15-20/h3-6,14-18,28,32,34-35H,7-13H2,1-2H3,(H,33,38). The molecular weight excluding hydrogens is 502 g/mol. The number of benzene rings is 3. The van der Waals surface area contributed by atoms with Crippen LogP contribution in [0.3, 0.4) is 0 Å². The topological polar surface area (TPSA) is 80.9 Å². The zero-order valence-electron chi connectivity index (χ0n) is 22.2. The van der Waals surface area contributed by atoms with E-state index >= 15 is 0 Å². The van der Waals surface area contributed by atoms with E-state index in [2.05, 4.69) is 38.3 Å². The van der Waals surface area contributed by atoms with Gasteiger partial charge in [-0.25, -0.2) is 14.2 Å². The maximum absolute atomic E-state index is 13.7. The van der Waals surface area contributed by atoms with Crippen molar-refractivity contribution in [3.8, 4) is 0 Å². The number of hydrazine groups is 1. The summed E-state index contributed by atoms with van der Waals surface area (Å²) in [5, 5.41) is 6.42. The largest absolute Gasteiger partial charge is 0.383 e. The quantitative estimate of drug-likeness (QED) is 0.311. The Balaban J connectivity index is 1.33. The molecule has 1 amide bonds. The fraction of sp³-hybridized carbons (Fsp3) is 0.345. The number of hydrogen-bond donors (Lipinski definition) is 4. The molecule has 0 radical (unpaired) electrons. The number of carbonyl (C=O) groups is 1. The third-order valence-corrected chi connectivity index (χ3v) is 7.12. The molecular formula is C29H34F2N6O2.